The van der Waals surface area contributed by atoms with Gasteiger partial charge in [-0.2, -0.15) is 0 Å². The summed E-state index contributed by atoms with van der Waals surface area (Å²) in [6, 6.07) is 0. The predicted molar refractivity (Wildman–Crippen MR) is 75.5 cm³/mol. The van der Waals surface area contributed by atoms with Gasteiger partial charge in [-0.1, -0.05) is 58.3 Å². The molecule has 1 fully saturated rings. The van der Waals surface area contributed by atoms with Crippen molar-refractivity contribution in [2.75, 3.05) is 6.61 Å². The molecule has 0 N–H and O–H groups in total. The molecule has 0 aromatic heterocycles. The quantitative estimate of drug-likeness (QED) is 0.411. The molecule has 0 heterocycles. The summed E-state index contributed by atoms with van der Waals surface area (Å²) < 4.78 is 5.33. The Kier molecular flexibility index (Phi) is 8.97. The van der Waals surface area contributed by atoms with Crippen molar-refractivity contribution in [2.24, 2.45) is 5.92 Å². The molecule has 1 rings (SSSR count). The van der Waals surface area contributed by atoms with Crippen LogP contribution >= 0.6 is 0 Å². The molecule has 0 aromatic rings. The van der Waals surface area contributed by atoms with E-state index in [1.807, 2.05) is 0 Å². The average Bonchev–Trinajstić information content (AvgIpc) is 2.88. The first-order valence-electron chi connectivity index (χ1n) is 7.98. The van der Waals surface area contributed by atoms with Gasteiger partial charge in [0.2, 0.25) is 0 Å². The summed E-state index contributed by atoms with van der Waals surface area (Å²) in [5.41, 5.74) is 0. The third-order valence-corrected chi connectivity index (χ3v) is 3.94. The Hall–Kier alpha value is -0.530. The van der Waals surface area contributed by atoms with Gasteiger partial charge in [-0.05, 0) is 25.2 Å². The van der Waals surface area contributed by atoms with Crippen molar-refractivity contribution in [2.45, 2.75) is 84.0 Å². The van der Waals surface area contributed by atoms with Crippen LogP contribution < -0.4 is 0 Å². The second-order valence-corrected chi connectivity index (χ2v) is 5.70. The van der Waals surface area contributed by atoms with Gasteiger partial charge < -0.3 is 4.74 Å². The first-order valence-corrected chi connectivity index (χ1v) is 7.98. The molecule has 18 heavy (non-hydrogen) atoms. The number of ether oxygens (including phenoxy) is 1. The lowest BCUT2D eigenvalue weighted by atomic mass is 10.1. The summed E-state index contributed by atoms with van der Waals surface area (Å²) in [5, 5.41) is 0. The van der Waals surface area contributed by atoms with Crippen molar-refractivity contribution >= 4 is 5.97 Å². The van der Waals surface area contributed by atoms with Gasteiger partial charge in [-0.25, -0.2) is 0 Å². The minimum atomic E-state index is 0.0236. The Labute approximate surface area is 112 Å². The Bertz CT molecular complexity index is 207. The van der Waals surface area contributed by atoms with Gasteiger partial charge in [0.15, 0.2) is 0 Å². The zero-order valence-electron chi connectivity index (χ0n) is 12.1. The fraction of sp³-hybridized carbons (Fsp3) is 0.938. The highest BCUT2D eigenvalue weighted by Gasteiger charge is 2.16. The van der Waals surface area contributed by atoms with Crippen LogP contribution in [0.5, 0.6) is 0 Å². The molecule has 0 saturated heterocycles. The zero-order chi connectivity index (χ0) is 13.1. The van der Waals surface area contributed by atoms with E-state index < -0.39 is 0 Å². The second-order valence-electron chi connectivity index (χ2n) is 5.70. The van der Waals surface area contributed by atoms with E-state index in [1.165, 1.54) is 64.2 Å². The number of hydrogen-bond donors (Lipinski definition) is 0. The van der Waals surface area contributed by atoms with Crippen molar-refractivity contribution in [1.82, 2.24) is 0 Å². The summed E-state index contributed by atoms with van der Waals surface area (Å²) in [6.07, 6.45) is 14.6. The fourth-order valence-corrected chi connectivity index (χ4v) is 2.69. The van der Waals surface area contributed by atoms with E-state index in [9.17, 15) is 4.79 Å². The molecule has 0 unspecified atom stereocenters. The molecule has 1 aliphatic carbocycles. The Morgan fingerprint density at radius 3 is 2.28 bits per heavy atom. The van der Waals surface area contributed by atoms with Crippen LogP contribution in [0.25, 0.3) is 0 Å². The van der Waals surface area contributed by atoms with Crippen LogP contribution in [-0.4, -0.2) is 12.6 Å². The minimum Gasteiger partial charge on any atom is -0.465 e. The highest BCUT2D eigenvalue weighted by atomic mass is 16.5. The summed E-state index contributed by atoms with van der Waals surface area (Å²) in [7, 11) is 0. The van der Waals surface area contributed by atoms with E-state index in [-0.39, 0.29) is 5.97 Å². The number of rotatable bonds is 10. The molecule has 0 bridgehead atoms. The Balaban J connectivity index is 1.84. The van der Waals surface area contributed by atoms with Crippen molar-refractivity contribution < 1.29 is 9.53 Å². The van der Waals surface area contributed by atoms with E-state index in [4.69, 9.17) is 4.74 Å². The van der Waals surface area contributed by atoms with Gasteiger partial charge >= 0.3 is 5.97 Å². The van der Waals surface area contributed by atoms with Crippen molar-refractivity contribution in [3.8, 4) is 0 Å². The molecule has 0 aliphatic heterocycles. The molecule has 0 atom stereocenters. The van der Waals surface area contributed by atoms with E-state index in [2.05, 4.69) is 6.92 Å². The molecule has 0 radical (unpaired) electrons. The SMILES string of the molecule is CCCCCCCCCC(=O)OCC1CCCC1. The van der Waals surface area contributed by atoms with Crippen molar-refractivity contribution in [1.29, 1.82) is 0 Å². The lowest BCUT2D eigenvalue weighted by molar-refractivity contribution is -0.145. The van der Waals surface area contributed by atoms with Crippen molar-refractivity contribution in [3.63, 3.8) is 0 Å². The van der Waals surface area contributed by atoms with Gasteiger partial charge in [-0.15, -0.1) is 0 Å². The average molecular weight is 254 g/mol. The van der Waals surface area contributed by atoms with Gasteiger partial charge in [-0.3, -0.25) is 4.79 Å². The number of unbranched alkanes of at least 4 members (excludes halogenated alkanes) is 6. The number of esters is 1. The largest absolute Gasteiger partial charge is 0.465 e. The zero-order valence-corrected chi connectivity index (χ0v) is 12.1. The van der Waals surface area contributed by atoms with Crippen LogP contribution in [-0.2, 0) is 9.53 Å². The molecule has 2 heteroatoms. The maximum Gasteiger partial charge on any atom is 0.305 e. The summed E-state index contributed by atoms with van der Waals surface area (Å²) in [5.74, 6) is 0.679. The Morgan fingerprint density at radius 1 is 1.00 bits per heavy atom. The van der Waals surface area contributed by atoms with Gasteiger partial charge in [0.05, 0.1) is 6.61 Å². The van der Waals surface area contributed by atoms with E-state index in [0.29, 0.717) is 18.9 Å². The fourth-order valence-electron chi connectivity index (χ4n) is 2.69. The second kappa shape index (κ2) is 10.4. The molecule has 2 nitrogen and oxygen atoms in total. The number of carbonyl (C=O) groups excluding carboxylic acids is 1. The van der Waals surface area contributed by atoms with Crippen LogP contribution in [0.1, 0.15) is 84.0 Å². The minimum absolute atomic E-state index is 0.0236. The summed E-state index contributed by atoms with van der Waals surface area (Å²) in [6.45, 7) is 2.91. The van der Waals surface area contributed by atoms with Crippen LogP contribution in [0.2, 0.25) is 0 Å². The molecule has 106 valence electrons. The van der Waals surface area contributed by atoms with E-state index >= 15 is 0 Å². The van der Waals surface area contributed by atoms with Crippen LogP contribution in [0, 0.1) is 5.92 Å². The smallest absolute Gasteiger partial charge is 0.305 e. The van der Waals surface area contributed by atoms with Gasteiger partial charge in [0.1, 0.15) is 0 Å². The molecule has 1 aliphatic rings. The first kappa shape index (κ1) is 15.5. The molecule has 1 saturated carbocycles. The maximum atomic E-state index is 11.5. The third kappa shape index (κ3) is 7.73. The highest BCUT2D eigenvalue weighted by molar-refractivity contribution is 5.69. The lowest BCUT2D eigenvalue weighted by Gasteiger charge is -2.09. The first-order chi connectivity index (χ1) is 8.83. The molecular weight excluding hydrogens is 224 g/mol. The van der Waals surface area contributed by atoms with Crippen molar-refractivity contribution in [3.05, 3.63) is 0 Å². The van der Waals surface area contributed by atoms with E-state index in [1.54, 1.807) is 0 Å². The van der Waals surface area contributed by atoms with Crippen LogP contribution in [0.4, 0.5) is 0 Å². The monoisotopic (exact) mass is 254 g/mol. The number of hydrogen-bond acceptors (Lipinski definition) is 2. The Morgan fingerprint density at radius 2 is 1.61 bits per heavy atom. The lowest BCUT2D eigenvalue weighted by Crippen LogP contribution is -2.11. The molecule has 0 spiro atoms. The van der Waals surface area contributed by atoms with Crippen LogP contribution in [0.3, 0.4) is 0 Å². The van der Waals surface area contributed by atoms with Gasteiger partial charge in [0, 0.05) is 6.42 Å². The van der Waals surface area contributed by atoms with E-state index in [0.717, 1.165) is 6.42 Å². The van der Waals surface area contributed by atoms with Crippen LogP contribution in [0.15, 0.2) is 0 Å². The normalized spacial score (nSPS) is 16.1. The highest BCUT2D eigenvalue weighted by Crippen LogP contribution is 2.24. The maximum absolute atomic E-state index is 11.5. The third-order valence-electron chi connectivity index (χ3n) is 3.94. The summed E-state index contributed by atoms with van der Waals surface area (Å²) >= 11 is 0. The topological polar surface area (TPSA) is 26.3 Å². The summed E-state index contributed by atoms with van der Waals surface area (Å²) in [4.78, 5) is 11.5. The standard InChI is InChI=1S/C16H30O2/c1-2-3-4-5-6-7-8-13-16(17)18-14-15-11-9-10-12-15/h15H,2-14H2,1H3. The van der Waals surface area contributed by atoms with Gasteiger partial charge in [0.25, 0.3) is 0 Å². The molecule has 0 amide bonds. The number of carbonyl (C=O) groups is 1. The molecular formula is C16H30O2. The molecule has 0 aromatic carbocycles. The predicted octanol–water partition coefficient (Wildman–Crippen LogP) is 4.86.